The number of carbonyl (C=O) groups is 2. The van der Waals surface area contributed by atoms with Crippen LogP contribution in [0.3, 0.4) is 0 Å². The van der Waals surface area contributed by atoms with Crippen LogP contribution in [0.1, 0.15) is 24.8 Å². The molecule has 7 heteroatoms. The molecule has 25 heavy (non-hydrogen) atoms. The number of carbonyl (C=O) groups excluding carboxylic acids is 2. The maximum atomic E-state index is 12.3. The van der Waals surface area contributed by atoms with Crippen LogP contribution in [-0.4, -0.2) is 30.0 Å². The Morgan fingerprint density at radius 2 is 2.12 bits per heavy atom. The minimum atomic E-state index is 0.00783. The molecule has 0 radical (unpaired) electrons. The molecule has 2 N–H and O–H groups in total. The number of anilines is 2. The molecule has 1 fully saturated rings. The minimum absolute atomic E-state index is 0.00783. The van der Waals surface area contributed by atoms with Crippen molar-refractivity contribution in [2.45, 2.75) is 25.7 Å². The zero-order valence-corrected chi connectivity index (χ0v) is 14.5. The van der Waals surface area contributed by atoms with Crippen LogP contribution in [0.2, 0.25) is 0 Å². The van der Waals surface area contributed by atoms with Gasteiger partial charge in [0.15, 0.2) is 5.13 Å². The lowest BCUT2D eigenvalue weighted by Gasteiger charge is -2.20. The van der Waals surface area contributed by atoms with Crippen molar-refractivity contribution in [1.29, 1.82) is 0 Å². The summed E-state index contributed by atoms with van der Waals surface area (Å²) in [7, 11) is 0. The SMILES string of the molecule is O=C1CCc2cc(-c3csc(NC(=O)C4CCOCC4)n3)ccc2N1. The van der Waals surface area contributed by atoms with Gasteiger partial charge in [-0.1, -0.05) is 6.07 Å². The molecule has 2 aliphatic rings. The molecule has 4 rings (SSSR count). The van der Waals surface area contributed by atoms with Crippen LogP contribution in [-0.2, 0) is 20.7 Å². The maximum Gasteiger partial charge on any atom is 0.229 e. The number of nitrogens with zero attached hydrogens (tertiary/aromatic N) is 1. The number of rotatable bonds is 3. The molecule has 1 aromatic heterocycles. The molecule has 2 aromatic rings. The molecule has 2 amide bonds. The predicted molar refractivity (Wildman–Crippen MR) is 96.7 cm³/mol. The van der Waals surface area contributed by atoms with Gasteiger partial charge in [-0.2, -0.15) is 0 Å². The number of amides is 2. The van der Waals surface area contributed by atoms with Crippen molar-refractivity contribution in [2.75, 3.05) is 23.8 Å². The number of aromatic nitrogens is 1. The van der Waals surface area contributed by atoms with Gasteiger partial charge in [0.05, 0.1) is 5.69 Å². The van der Waals surface area contributed by atoms with Gasteiger partial charge in [-0.05, 0) is 37.0 Å². The van der Waals surface area contributed by atoms with Crippen molar-refractivity contribution in [3.8, 4) is 11.3 Å². The lowest BCUT2D eigenvalue weighted by atomic mass is 9.99. The highest BCUT2D eigenvalue weighted by atomic mass is 32.1. The number of fused-ring (bicyclic) bond motifs is 1. The summed E-state index contributed by atoms with van der Waals surface area (Å²) in [6.45, 7) is 1.29. The van der Waals surface area contributed by atoms with Gasteiger partial charge in [0.2, 0.25) is 11.8 Å². The van der Waals surface area contributed by atoms with Crippen molar-refractivity contribution in [1.82, 2.24) is 4.98 Å². The van der Waals surface area contributed by atoms with Gasteiger partial charge < -0.3 is 15.4 Å². The highest BCUT2D eigenvalue weighted by molar-refractivity contribution is 7.14. The molecule has 1 aromatic carbocycles. The Hall–Kier alpha value is -2.25. The van der Waals surface area contributed by atoms with Gasteiger partial charge in [0, 0.05) is 42.2 Å². The first kappa shape index (κ1) is 16.2. The average Bonchev–Trinajstić information content (AvgIpc) is 3.10. The second-order valence-corrected chi connectivity index (χ2v) is 7.19. The lowest BCUT2D eigenvalue weighted by molar-refractivity contribution is -0.122. The zero-order valence-electron chi connectivity index (χ0n) is 13.7. The zero-order chi connectivity index (χ0) is 17.2. The van der Waals surface area contributed by atoms with Crippen molar-refractivity contribution in [2.24, 2.45) is 5.92 Å². The van der Waals surface area contributed by atoms with E-state index >= 15 is 0 Å². The number of aryl methyl sites for hydroxylation is 1. The van der Waals surface area contributed by atoms with Crippen LogP contribution >= 0.6 is 11.3 Å². The lowest BCUT2D eigenvalue weighted by Crippen LogP contribution is -2.28. The van der Waals surface area contributed by atoms with Gasteiger partial charge in [-0.25, -0.2) is 4.98 Å². The Bertz CT molecular complexity index is 812. The summed E-state index contributed by atoms with van der Waals surface area (Å²) in [5, 5.41) is 8.38. The highest BCUT2D eigenvalue weighted by Gasteiger charge is 2.22. The molecule has 0 atom stereocenters. The molecule has 3 heterocycles. The number of nitrogens with one attached hydrogen (secondary N) is 2. The van der Waals surface area contributed by atoms with Gasteiger partial charge >= 0.3 is 0 Å². The van der Waals surface area contributed by atoms with E-state index in [0.29, 0.717) is 24.8 Å². The van der Waals surface area contributed by atoms with E-state index in [4.69, 9.17) is 4.74 Å². The van der Waals surface area contributed by atoms with Crippen molar-refractivity contribution < 1.29 is 14.3 Å². The Morgan fingerprint density at radius 1 is 1.28 bits per heavy atom. The predicted octanol–water partition coefficient (Wildman–Crippen LogP) is 3.06. The molecule has 130 valence electrons. The largest absolute Gasteiger partial charge is 0.381 e. The fraction of sp³-hybridized carbons (Fsp3) is 0.389. The molecule has 2 aliphatic heterocycles. The van der Waals surface area contributed by atoms with Crippen molar-refractivity contribution in [3.63, 3.8) is 0 Å². The molecule has 1 saturated heterocycles. The first-order valence-corrected chi connectivity index (χ1v) is 9.34. The molecule has 0 saturated carbocycles. The fourth-order valence-electron chi connectivity index (χ4n) is 3.17. The van der Waals surface area contributed by atoms with E-state index in [1.54, 1.807) is 0 Å². The Kier molecular flexibility index (Phi) is 4.50. The molecule has 0 spiro atoms. The summed E-state index contributed by atoms with van der Waals surface area (Å²) >= 11 is 1.43. The number of thiazole rings is 1. The van der Waals surface area contributed by atoms with Gasteiger partial charge in [0.25, 0.3) is 0 Å². The molecular formula is C18H19N3O3S. The van der Waals surface area contributed by atoms with Crippen molar-refractivity contribution >= 4 is 34.0 Å². The number of ether oxygens (including phenoxy) is 1. The number of hydrogen-bond donors (Lipinski definition) is 2. The van der Waals surface area contributed by atoms with E-state index in [9.17, 15) is 9.59 Å². The van der Waals surface area contributed by atoms with E-state index < -0.39 is 0 Å². The Labute approximate surface area is 149 Å². The smallest absolute Gasteiger partial charge is 0.229 e. The van der Waals surface area contributed by atoms with Crippen LogP contribution < -0.4 is 10.6 Å². The van der Waals surface area contributed by atoms with E-state index in [2.05, 4.69) is 21.7 Å². The number of hydrogen-bond acceptors (Lipinski definition) is 5. The summed E-state index contributed by atoms with van der Waals surface area (Å²) in [4.78, 5) is 28.3. The van der Waals surface area contributed by atoms with Crippen LogP contribution in [0.5, 0.6) is 0 Å². The third kappa shape index (κ3) is 3.57. The van der Waals surface area contributed by atoms with E-state index in [1.807, 2.05) is 17.5 Å². The van der Waals surface area contributed by atoms with E-state index in [1.165, 1.54) is 11.3 Å². The number of benzene rings is 1. The van der Waals surface area contributed by atoms with E-state index in [-0.39, 0.29) is 17.7 Å². The topological polar surface area (TPSA) is 80.3 Å². The van der Waals surface area contributed by atoms with E-state index in [0.717, 1.165) is 41.8 Å². The Balaban J connectivity index is 1.47. The Morgan fingerprint density at radius 3 is 2.96 bits per heavy atom. The van der Waals surface area contributed by atoms with Crippen LogP contribution in [0.15, 0.2) is 23.6 Å². The normalized spacial score (nSPS) is 17.7. The minimum Gasteiger partial charge on any atom is -0.381 e. The summed E-state index contributed by atoms with van der Waals surface area (Å²) in [6, 6.07) is 5.93. The second-order valence-electron chi connectivity index (χ2n) is 6.33. The van der Waals surface area contributed by atoms with Gasteiger partial charge in [-0.15, -0.1) is 11.3 Å². The second kappa shape index (κ2) is 6.93. The summed E-state index contributed by atoms with van der Waals surface area (Å²) < 4.78 is 5.29. The first-order chi connectivity index (χ1) is 12.2. The average molecular weight is 357 g/mol. The molecule has 6 nitrogen and oxygen atoms in total. The molecule has 0 bridgehead atoms. The van der Waals surface area contributed by atoms with Crippen LogP contribution in [0.25, 0.3) is 11.3 Å². The summed E-state index contributed by atoms with van der Waals surface area (Å²) in [5.41, 5.74) is 3.84. The highest BCUT2D eigenvalue weighted by Crippen LogP contribution is 2.31. The molecule has 0 unspecified atom stereocenters. The quantitative estimate of drug-likeness (QED) is 0.885. The summed E-state index contributed by atoms with van der Waals surface area (Å²) in [6.07, 6.45) is 2.79. The third-order valence-corrected chi connectivity index (χ3v) is 5.38. The van der Waals surface area contributed by atoms with Crippen LogP contribution in [0, 0.1) is 5.92 Å². The van der Waals surface area contributed by atoms with Crippen molar-refractivity contribution in [3.05, 3.63) is 29.1 Å². The molecule has 0 aliphatic carbocycles. The standard InChI is InChI=1S/C18H19N3O3S/c22-16-4-2-12-9-13(1-3-14(12)19-16)15-10-25-18(20-15)21-17(23)11-5-7-24-8-6-11/h1,3,9-11H,2,4-8H2,(H,19,22)(H,20,21,23). The first-order valence-electron chi connectivity index (χ1n) is 8.46. The summed E-state index contributed by atoms with van der Waals surface area (Å²) in [5.74, 6) is 0.0952. The monoisotopic (exact) mass is 357 g/mol. The van der Waals surface area contributed by atoms with Crippen LogP contribution in [0.4, 0.5) is 10.8 Å². The maximum absolute atomic E-state index is 12.3. The molecular weight excluding hydrogens is 338 g/mol. The van der Waals surface area contributed by atoms with Gasteiger partial charge in [0.1, 0.15) is 0 Å². The third-order valence-electron chi connectivity index (χ3n) is 4.62. The fourth-order valence-corrected chi connectivity index (χ4v) is 3.90. The van der Waals surface area contributed by atoms with Gasteiger partial charge in [-0.3, -0.25) is 9.59 Å².